The van der Waals surface area contributed by atoms with Crippen molar-refractivity contribution in [1.82, 2.24) is 5.32 Å². The van der Waals surface area contributed by atoms with Gasteiger partial charge in [0.15, 0.2) is 0 Å². The van der Waals surface area contributed by atoms with Crippen molar-refractivity contribution in [1.29, 1.82) is 5.26 Å². The van der Waals surface area contributed by atoms with E-state index in [2.05, 4.69) is 5.32 Å². The number of amides is 1. The van der Waals surface area contributed by atoms with Gasteiger partial charge in [0.05, 0.1) is 6.07 Å². The number of nitriles is 1. The van der Waals surface area contributed by atoms with Crippen molar-refractivity contribution in [2.24, 2.45) is 0 Å². The molecule has 0 heterocycles. The van der Waals surface area contributed by atoms with E-state index in [9.17, 15) is 4.79 Å². The average molecular weight is 249 g/mol. The molecular weight excluding hydrogens is 236 g/mol. The quantitative estimate of drug-likeness (QED) is 0.890. The first kappa shape index (κ1) is 11.9. The van der Waals surface area contributed by atoms with Crippen LogP contribution in [0.3, 0.4) is 0 Å². The second-order valence-electron chi connectivity index (χ2n) is 4.40. The largest absolute Gasteiger partial charge is 0.354 e. The Labute approximate surface area is 105 Å². The van der Waals surface area contributed by atoms with Crippen LogP contribution in [-0.4, -0.2) is 12.5 Å². The molecular formula is C13H13ClN2O. The van der Waals surface area contributed by atoms with Crippen LogP contribution in [0.5, 0.6) is 0 Å². The molecule has 0 saturated heterocycles. The van der Waals surface area contributed by atoms with Crippen molar-refractivity contribution in [3.63, 3.8) is 0 Å². The molecule has 0 unspecified atom stereocenters. The minimum Gasteiger partial charge on any atom is -0.354 e. The summed E-state index contributed by atoms with van der Waals surface area (Å²) in [6.45, 7) is 0.591. The van der Waals surface area contributed by atoms with Crippen LogP contribution in [0, 0.1) is 11.3 Å². The molecule has 4 heteroatoms. The van der Waals surface area contributed by atoms with Crippen LogP contribution in [0.15, 0.2) is 24.3 Å². The number of nitrogens with zero attached hydrogens (tertiary/aromatic N) is 1. The predicted octanol–water partition coefficient (Wildman–Crippen LogP) is 2.40. The Morgan fingerprint density at radius 1 is 1.53 bits per heavy atom. The van der Waals surface area contributed by atoms with Crippen molar-refractivity contribution >= 4 is 17.5 Å². The first-order chi connectivity index (χ1) is 8.16. The molecule has 17 heavy (non-hydrogen) atoms. The topological polar surface area (TPSA) is 52.9 Å². The fraction of sp³-hybridized carbons (Fsp3) is 0.385. The zero-order chi connectivity index (χ0) is 12.3. The fourth-order valence-corrected chi connectivity index (χ4v) is 2.13. The maximum Gasteiger partial charge on any atom is 0.234 e. The Hall–Kier alpha value is -1.53. The van der Waals surface area contributed by atoms with E-state index < -0.39 is 0 Å². The molecule has 0 bridgehead atoms. The van der Waals surface area contributed by atoms with Crippen LogP contribution in [0.25, 0.3) is 0 Å². The number of rotatable bonds is 4. The molecule has 1 aliphatic carbocycles. The van der Waals surface area contributed by atoms with Gasteiger partial charge in [-0.15, -0.1) is 0 Å². The summed E-state index contributed by atoms with van der Waals surface area (Å²) in [6.07, 6.45) is 2.03. The molecule has 1 aliphatic rings. The first-order valence-electron chi connectivity index (χ1n) is 5.56. The van der Waals surface area contributed by atoms with Crippen molar-refractivity contribution in [2.45, 2.75) is 24.7 Å². The van der Waals surface area contributed by atoms with E-state index in [4.69, 9.17) is 16.9 Å². The van der Waals surface area contributed by atoms with E-state index in [1.54, 1.807) is 0 Å². The second-order valence-corrected chi connectivity index (χ2v) is 4.84. The standard InChI is InChI=1S/C13H13ClN2O/c14-11-3-1-2-10(8-11)13(5-6-13)9-16-12(17)4-7-15/h1-3,8H,4-6,9H2,(H,16,17). The predicted molar refractivity (Wildman–Crippen MR) is 65.6 cm³/mol. The van der Waals surface area contributed by atoms with Crippen molar-refractivity contribution in [3.8, 4) is 6.07 Å². The monoisotopic (exact) mass is 248 g/mol. The Bertz CT molecular complexity index is 475. The maximum atomic E-state index is 11.3. The zero-order valence-corrected chi connectivity index (χ0v) is 10.1. The summed E-state index contributed by atoms with van der Waals surface area (Å²) < 4.78 is 0. The number of carbonyl (C=O) groups is 1. The summed E-state index contributed by atoms with van der Waals surface area (Å²) >= 11 is 5.96. The summed E-state index contributed by atoms with van der Waals surface area (Å²) in [5, 5.41) is 11.9. The summed E-state index contributed by atoms with van der Waals surface area (Å²) in [4.78, 5) is 11.3. The number of nitrogens with one attached hydrogen (secondary N) is 1. The van der Waals surface area contributed by atoms with Crippen molar-refractivity contribution in [3.05, 3.63) is 34.9 Å². The molecule has 2 rings (SSSR count). The third-order valence-electron chi connectivity index (χ3n) is 3.15. The molecule has 1 N–H and O–H groups in total. The van der Waals surface area contributed by atoms with Crippen LogP contribution in [-0.2, 0) is 10.2 Å². The third-order valence-corrected chi connectivity index (χ3v) is 3.39. The minimum atomic E-state index is -0.208. The van der Waals surface area contributed by atoms with Gasteiger partial charge in [-0.05, 0) is 30.5 Å². The molecule has 0 aliphatic heterocycles. The van der Waals surface area contributed by atoms with Gasteiger partial charge in [-0.1, -0.05) is 23.7 Å². The number of halogens is 1. The maximum absolute atomic E-state index is 11.3. The Balaban J connectivity index is 2.01. The average Bonchev–Trinajstić information content (AvgIpc) is 3.08. The lowest BCUT2D eigenvalue weighted by atomic mass is 9.96. The first-order valence-corrected chi connectivity index (χ1v) is 5.94. The van der Waals surface area contributed by atoms with Gasteiger partial charge in [-0.25, -0.2) is 0 Å². The SMILES string of the molecule is N#CCC(=O)NCC1(c2cccc(Cl)c2)CC1. The minimum absolute atomic E-state index is 0.0377. The van der Waals surface area contributed by atoms with Crippen LogP contribution < -0.4 is 5.32 Å². The highest BCUT2D eigenvalue weighted by Gasteiger charge is 2.44. The normalized spacial score (nSPS) is 16.0. The van der Waals surface area contributed by atoms with E-state index in [0.29, 0.717) is 6.54 Å². The highest BCUT2D eigenvalue weighted by atomic mass is 35.5. The molecule has 1 aromatic rings. The molecule has 88 valence electrons. The van der Waals surface area contributed by atoms with Crippen LogP contribution in [0.2, 0.25) is 5.02 Å². The van der Waals surface area contributed by atoms with Crippen LogP contribution in [0.4, 0.5) is 0 Å². The van der Waals surface area contributed by atoms with Crippen molar-refractivity contribution in [2.75, 3.05) is 6.54 Å². The van der Waals surface area contributed by atoms with E-state index in [-0.39, 0.29) is 17.7 Å². The molecule has 3 nitrogen and oxygen atoms in total. The van der Waals surface area contributed by atoms with E-state index in [0.717, 1.165) is 17.9 Å². The molecule has 0 atom stereocenters. The number of hydrogen-bond acceptors (Lipinski definition) is 2. The van der Waals surface area contributed by atoms with Gasteiger partial charge in [-0.2, -0.15) is 5.26 Å². The van der Waals surface area contributed by atoms with Gasteiger partial charge < -0.3 is 5.32 Å². The lowest BCUT2D eigenvalue weighted by Gasteiger charge is -2.16. The molecule has 1 saturated carbocycles. The summed E-state index contributed by atoms with van der Waals surface area (Å²) in [5.41, 5.74) is 1.21. The van der Waals surface area contributed by atoms with Gasteiger partial charge in [0.2, 0.25) is 5.91 Å². The number of carbonyl (C=O) groups excluding carboxylic acids is 1. The smallest absolute Gasteiger partial charge is 0.234 e. The van der Waals surface area contributed by atoms with E-state index in [1.807, 2.05) is 30.3 Å². The van der Waals surface area contributed by atoms with E-state index >= 15 is 0 Å². The lowest BCUT2D eigenvalue weighted by Crippen LogP contribution is -2.31. The lowest BCUT2D eigenvalue weighted by molar-refractivity contribution is -0.120. The van der Waals surface area contributed by atoms with Crippen LogP contribution >= 0.6 is 11.6 Å². The summed E-state index contributed by atoms with van der Waals surface area (Å²) in [6, 6.07) is 9.59. The van der Waals surface area contributed by atoms with Gasteiger partial charge in [0.1, 0.15) is 6.42 Å². The van der Waals surface area contributed by atoms with Gasteiger partial charge in [0.25, 0.3) is 0 Å². The summed E-state index contributed by atoms with van der Waals surface area (Å²) in [7, 11) is 0. The fourth-order valence-electron chi connectivity index (χ4n) is 1.94. The molecule has 1 aromatic carbocycles. The zero-order valence-electron chi connectivity index (χ0n) is 9.37. The Kier molecular flexibility index (Phi) is 3.35. The van der Waals surface area contributed by atoms with Gasteiger partial charge in [-0.3, -0.25) is 4.79 Å². The van der Waals surface area contributed by atoms with Gasteiger partial charge >= 0.3 is 0 Å². The molecule has 1 fully saturated rings. The Morgan fingerprint density at radius 2 is 2.29 bits per heavy atom. The third kappa shape index (κ3) is 2.78. The molecule has 1 amide bonds. The molecule has 0 spiro atoms. The second kappa shape index (κ2) is 4.77. The highest BCUT2D eigenvalue weighted by molar-refractivity contribution is 6.30. The summed E-state index contributed by atoms with van der Waals surface area (Å²) in [5.74, 6) is -0.208. The molecule has 0 radical (unpaired) electrons. The molecule has 0 aromatic heterocycles. The van der Waals surface area contributed by atoms with Crippen molar-refractivity contribution < 1.29 is 4.79 Å². The van der Waals surface area contributed by atoms with E-state index in [1.165, 1.54) is 5.56 Å². The number of benzene rings is 1. The van der Waals surface area contributed by atoms with Gasteiger partial charge in [0, 0.05) is 17.0 Å². The number of hydrogen-bond donors (Lipinski definition) is 1. The van der Waals surface area contributed by atoms with Crippen LogP contribution in [0.1, 0.15) is 24.8 Å². The highest BCUT2D eigenvalue weighted by Crippen LogP contribution is 2.48. The Morgan fingerprint density at radius 3 is 2.88 bits per heavy atom.